The van der Waals surface area contributed by atoms with Gasteiger partial charge in [-0.05, 0) is 68.2 Å². The van der Waals surface area contributed by atoms with Crippen LogP contribution in [0.25, 0.3) is 16.8 Å². The molecule has 4 rings (SSSR count). The molecule has 5 nitrogen and oxygen atoms in total. The van der Waals surface area contributed by atoms with Crippen LogP contribution in [0.3, 0.4) is 0 Å². The molecule has 1 fully saturated rings. The number of nitrogens with zero attached hydrogens (tertiary/aromatic N) is 3. The van der Waals surface area contributed by atoms with Gasteiger partial charge in [0.05, 0.1) is 30.6 Å². The van der Waals surface area contributed by atoms with Gasteiger partial charge in [0.1, 0.15) is 10.8 Å². The molecule has 8 heteroatoms. The summed E-state index contributed by atoms with van der Waals surface area (Å²) in [6.07, 6.45) is 1.28. The van der Waals surface area contributed by atoms with Crippen LogP contribution in [0.15, 0.2) is 35.4 Å². The van der Waals surface area contributed by atoms with Crippen molar-refractivity contribution in [1.29, 1.82) is 0 Å². The molecule has 0 N–H and O–H groups in total. The van der Waals surface area contributed by atoms with Crippen molar-refractivity contribution < 1.29 is 18.3 Å². The van der Waals surface area contributed by atoms with E-state index < -0.39 is 6.43 Å². The molecule has 0 bridgehead atoms. The number of hydrogen-bond donors (Lipinski definition) is 0. The fourth-order valence-corrected chi connectivity index (χ4v) is 5.33. The highest BCUT2D eigenvalue weighted by Gasteiger charge is 2.27. The zero-order valence-electron chi connectivity index (χ0n) is 19.6. The number of methoxy groups -OCH3 is 1. The summed E-state index contributed by atoms with van der Waals surface area (Å²) in [6.45, 7) is 5.72. The molecule has 178 valence electrons. The standard InChI is InChI=1S/C25H31F2N3O2S/c1-16-12-17(2)23(21(13-16)31-3)19-6-5-7-20-24(25(33-4)28-30(19)20)29(15-22(26)27)14-18-8-10-32-11-9-18/h5-7,12-13,18,22H,8-11,14-15H2,1-4H3. The monoisotopic (exact) mass is 475 g/mol. The van der Waals surface area contributed by atoms with Gasteiger partial charge in [0.25, 0.3) is 6.43 Å². The maximum absolute atomic E-state index is 13.7. The Balaban J connectivity index is 1.86. The molecule has 33 heavy (non-hydrogen) atoms. The van der Waals surface area contributed by atoms with E-state index in [2.05, 4.69) is 13.0 Å². The van der Waals surface area contributed by atoms with E-state index in [0.29, 0.717) is 25.7 Å². The summed E-state index contributed by atoms with van der Waals surface area (Å²) in [5.41, 5.74) is 5.64. The van der Waals surface area contributed by atoms with Gasteiger partial charge in [-0.3, -0.25) is 0 Å². The minimum Gasteiger partial charge on any atom is -0.496 e. The highest BCUT2D eigenvalue weighted by molar-refractivity contribution is 7.98. The summed E-state index contributed by atoms with van der Waals surface area (Å²) in [5, 5.41) is 5.63. The summed E-state index contributed by atoms with van der Waals surface area (Å²) in [6, 6.07) is 10.1. The Morgan fingerprint density at radius 2 is 2.00 bits per heavy atom. The molecule has 0 radical (unpaired) electrons. The number of pyridine rings is 1. The molecule has 3 heterocycles. The van der Waals surface area contributed by atoms with Crippen molar-refractivity contribution in [3.05, 3.63) is 41.5 Å². The summed E-state index contributed by atoms with van der Waals surface area (Å²) in [7, 11) is 1.66. The smallest absolute Gasteiger partial charge is 0.255 e. The molecule has 3 aromatic rings. The number of fused-ring (bicyclic) bond motifs is 1. The molecule has 0 aliphatic carbocycles. The van der Waals surface area contributed by atoms with Gasteiger partial charge in [-0.25, -0.2) is 13.3 Å². The van der Waals surface area contributed by atoms with Gasteiger partial charge in [0.2, 0.25) is 0 Å². The Morgan fingerprint density at radius 1 is 1.24 bits per heavy atom. The summed E-state index contributed by atoms with van der Waals surface area (Å²) < 4.78 is 40.4. The van der Waals surface area contributed by atoms with Gasteiger partial charge >= 0.3 is 0 Å². The van der Waals surface area contributed by atoms with Crippen molar-refractivity contribution in [2.75, 3.05) is 44.6 Å². The average molecular weight is 476 g/mol. The van der Waals surface area contributed by atoms with Gasteiger partial charge in [0.15, 0.2) is 0 Å². The number of aromatic nitrogens is 2. The molecule has 0 amide bonds. The van der Waals surface area contributed by atoms with E-state index in [-0.39, 0.29) is 6.54 Å². The first-order valence-electron chi connectivity index (χ1n) is 11.2. The zero-order chi connectivity index (χ0) is 23.5. The zero-order valence-corrected chi connectivity index (χ0v) is 20.4. The molecule has 1 aliphatic heterocycles. The summed E-state index contributed by atoms with van der Waals surface area (Å²) in [5.74, 6) is 1.10. The van der Waals surface area contributed by atoms with Crippen LogP contribution in [0, 0.1) is 19.8 Å². The number of hydrogen-bond acceptors (Lipinski definition) is 5. The van der Waals surface area contributed by atoms with Crippen molar-refractivity contribution >= 4 is 23.0 Å². The average Bonchev–Trinajstić information content (AvgIpc) is 3.17. The van der Waals surface area contributed by atoms with Crippen LogP contribution < -0.4 is 9.64 Å². The van der Waals surface area contributed by atoms with Crippen molar-refractivity contribution in [3.8, 4) is 17.0 Å². The van der Waals surface area contributed by atoms with Crippen molar-refractivity contribution in [2.24, 2.45) is 5.92 Å². The van der Waals surface area contributed by atoms with E-state index in [4.69, 9.17) is 14.6 Å². The lowest BCUT2D eigenvalue weighted by Crippen LogP contribution is -2.36. The Bertz CT molecular complexity index is 1110. The van der Waals surface area contributed by atoms with Crippen LogP contribution >= 0.6 is 11.8 Å². The lowest BCUT2D eigenvalue weighted by atomic mass is 9.99. The van der Waals surface area contributed by atoms with E-state index >= 15 is 0 Å². The predicted molar refractivity (Wildman–Crippen MR) is 130 cm³/mol. The number of thioether (sulfide) groups is 1. The fourth-order valence-electron chi connectivity index (χ4n) is 4.74. The molecule has 0 saturated carbocycles. The highest BCUT2D eigenvalue weighted by atomic mass is 32.2. The highest BCUT2D eigenvalue weighted by Crippen LogP contribution is 2.39. The second kappa shape index (κ2) is 10.3. The molecule has 0 unspecified atom stereocenters. The van der Waals surface area contributed by atoms with Gasteiger partial charge < -0.3 is 14.4 Å². The molecule has 1 aliphatic rings. The number of aryl methyl sites for hydroxylation is 2. The van der Waals surface area contributed by atoms with Gasteiger partial charge in [-0.15, -0.1) is 11.8 Å². The van der Waals surface area contributed by atoms with E-state index in [0.717, 1.165) is 57.2 Å². The van der Waals surface area contributed by atoms with Gasteiger partial charge in [-0.1, -0.05) is 12.1 Å². The molecule has 0 atom stereocenters. The third-order valence-corrected chi connectivity index (χ3v) is 6.87. The van der Waals surface area contributed by atoms with Crippen LogP contribution in [-0.4, -0.2) is 55.7 Å². The minimum atomic E-state index is -2.43. The first kappa shape index (κ1) is 23.8. The van der Waals surface area contributed by atoms with Crippen LogP contribution in [0.5, 0.6) is 5.75 Å². The van der Waals surface area contributed by atoms with Crippen LogP contribution in [0.4, 0.5) is 14.5 Å². The first-order chi connectivity index (χ1) is 15.9. The number of benzene rings is 1. The number of rotatable bonds is 8. The summed E-state index contributed by atoms with van der Waals surface area (Å²) >= 11 is 1.48. The first-order valence-corrected chi connectivity index (χ1v) is 12.5. The number of alkyl halides is 2. The van der Waals surface area contributed by atoms with Gasteiger partial charge in [0, 0.05) is 25.3 Å². The maximum atomic E-state index is 13.7. The lowest BCUT2D eigenvalue weighted by Gasteiger charge is -2.31. The number of anilines is 1. The largest absolute Gasteiger partial charge is 0.496 e. The maximum Gasteiger partial charge on any atom is 0.255 e. The SMILES string of the molecule is COc1cc(C)cc(C)c1-c1cccc2c(N(CC(F)F)CC3CCOCC3)c(SC)nn12. The fraction of sp³-hybridized carbons (Fsp3) is 0.480. The van der Waals surface area contributed by atoms with Crippen LogP contribution in [-0.2, 0) is 4.74 Å². The van der Waals surface area contributed by atoms with E-state index in [9.17, 15) is 8.78 Å². The second-order valence-corrected chi connectivity index (χ2v) is 9.37. The molecule has 1 aromatic carbocycles. The van der Waals surface area contributed by atoms with Crippen molar-refractivity contribution in [1.82, 2.24) is 9.61 Å². The Labute approximate surface area is 198 Å². The second-order valence-electron chi connectivity index (χ2n) is 8.58. The predicted octanol–water partition coefficient (Wildman–Crippen LogP) is 5.85. The third kappa shape index (κ3) is 4.96. The van der Waals surface area contributed by atoms with Crippen LogP contribution in [0.2, 0.25) is 0 Å². The molecule has 2 aromatic heterocycles. The Hall–Kier alpha value is -2.32. The normalized spacial score (nSPS) is 14.9. The van der Waals surface area contributed by atoms with E-state index in [1.54, 1.807) is 7.11 Å². The molecular formula is C25H31F2N3O2S. The minimum absolute atomic E-state index is 0.316. The molecular weight excluding hydrogens is 444 g/mol. The topological polar surface area (TPSA) is 39.0 Å². The summed E-state index contributed by atoms with van der Waals surface area (Å²) in [4.78, 5) is 1.83. The molecule has 0 spiro atoms. The van der Waals surface area contributed by atoms with E-state index in [1.165, 1.54) is 11.8 Å². The van der Waals surface area contributed by atoms with Crippen molar-refractivity contribution in [3.63, 3.8) is 0 Å². The third-order valence-electron chi connectivity index (χ3n) is 6.21. The van der Waals surface area contributed by atoms with Crippen molar-refractivity contribution in [2.45, 2.75) is 38.1 Å². The van der Waals surface area contributed by atoms with E-state index in [1.807, 2.05) is 46.9 Å². The Kier molecular flexibility index (Phi) is 7.44. The number of halogens is 2. The number of ether oxygens (including phenoxy) is 2. The Morgan fingerprint density at radius 3 is 2.67 bits per heavy atom. The van der Waals surface area contributed by atoms with Gasteiger partial charge in [-0.2, -0.15) is 5.10 Å². The molecule has 1 saturated heterocycles. The quantitative estimate of drug-likeness (QED) is 0.382. The lowest BCUT2D eigenvalue weighted by molar-refractivity contribution is 0.0669. The van der Waals surface area contributed by atoms with Crippen LogP contribution in [0.1, 0.15) is 24.0 Å².